The molecule has 0 unspecified atom stereocenters. The van der Waals surface area contributed by atoms with Gasteiger partial charge in [-0.15, -0.1) is 34.0 Å². The zero-order valence-corrected chi connectivity index (χ0v) is 79.4. The summed E-state index contributed by atoms with van der Waals surface area (Å²) >= 11 is 5.58. The van der Waals surface area contributed by atoms with Gasteiger partial charge in [-0.1, -0.05) is 361 Å². The van der Waals surface area contributed by atoms with E-state index in [2.05, 4.69) is 498 Å². The van der Waals surface area contributed by atoms with Crippen molar-refractivity contribution in [2.75, 3.05) is 21.3 Å². The molecule has 0 saturated heterocycles. The molecule has 24 aromatic rings. The van der Waals surface area contributed by atoms with Gasteiger partial charge in [-0.25, -0.2) is 0 Å². The van der Waals surface area contributed by atoms with Crippen LogP contribution in [0.25, 0.3) is 127 Å². The van der Waals surface area contributed by atoms with Crippen LogP contribution in [0.1, 0.15) is 107 Å². The molecule has 4 N–H and O–H groups in total. The van der Waals surface area contributed by atoms with Crippen LogP contribution < -0.4 is 21.3 Å². The topological polar surface area (TPSA) is 61.3 Å². The highest BCUT2D eigenvalue weighted by atomic mass is 32.1. The van der Waals surface area contributed by atoms with E-state index in [0.717, 1.165) is 74.6 Å². The fourth-order valence-corrected chi connectivity index (χ4v) is 26.7. The average molecular weight is 1830 g/mol. The van der Waals surface area contributed by atoms with Crippen molar-refractivity contribution < 1.29 is 4.42 Å². The number of nitrogens with one attached hydrogen (secondary N) is 4. The van der Waals surface area contributed by atoms with Gasteiger partial charge in [-0.05, 0) is 245 Å². The smallest absolute Gasteiger partial charge is 0.137 e. The number of para-hydroxylation sites is 1. The molecule has 660 valence electrons. The Morgan fingerprint density at radius 1 is 0.196 bits per heavy atom. The molecule has 0 fully saturated rings. The van der Waals surface area contributed by atoms with Crippen molar-refractivity contribution in [3.8, 4) is 44.5 Å². The third-order valence-electron chi connectivity index (χ3n) is 29.6. The summed E-state index contributed by atoms with van der Waals surface area (Å²) in [6.45, 7) is 9.30. The standard InChI is InChI=1S/C37H25NO.C37H25NS.C29H25NS.C27H21NS/c2*1-3-11-25(12-4-1)37(26-13-5-2-6-14-26)33-17-9-7-15-29(33)30-21-19-27(23-34(30)37)38-28-20-22-32-31-16-8-10-18-35(31)39-36(32)24-28;1-3-29(4-2)25-11-7-5-9-21(25)22-15-13-19(17-26(22)29)30-20-14-16-24-23-10-6-8-12-27(23)31-28(24)18-20;1-27(2)23-9-5-3-7-19(23)20-13-11-17(15-24(20)27)28-18-12-14-22-21-8-4-6-10-25(21)29-26(22)16-18/h2*1-24,38H;5-18,30H,3-4H2,1-2H3;3-16,28H,1-2H3. The third kappa shape index (κ3) is 13.9. The number of anilines is 8. The molecule has 4 heterocycles. The lowest BCUT2D eigenvalue weighted by Crippen LogP contribution is -2.28. The molecule has 4 aromatic heterocycles. The van der Waals surface area contributed by atoms with E-state index >= 15 is 0 Å². The second-order valence-electron chi connectivity index (χ2n) is 37.3. The monoisotopic (exact) mass is 1820 g/mol. The second-order valence-corrected chi connectivity index (χ2v) is 40.6. The second kappa shape index (κ2) is 34.1. The summed E-state index contributed by atoms with van der Waals surface area (Å²) in [6, 6.07) is 167. The molecule has 0 spiro atoms. The Balaban J connectivity index is 0.0000000983. The van der Waals surface area contributed by atoms with E-state index in [9.17, 15) is 0 Å². The van der Waals surface area contributed by atoms with Crippen LogP contribution in [0.5, 0.6) is 0 Å². The molecule has 4 aliphatic rings. The van der Waals surface area contributed by atoms with E-state index in [1.807, 2.05) is 46.1 Å². The Morgan fingerprint density at radius 3 is 0.862 bits per heavy atom. The minimum absolute atomic E-state index is 0.0268. The number of hydrogen-bond donors (Lipinski definition) is 4. The zero-order chi connectivity index (χ0) is 92.2. The molecule has 20 aromatic carbocycles. The third-order valence-corrected chi connectivity index (χ3v) is 33.0. The number of hydrogen-bond acceptors (Lipinski definition) is 8. The molecule has 4 aliphatic carbocycles. The maximum atomic E-state index is 6.16. The Kier molecular flexibility index (Phi) is 20.7. The maximum absolute atomic E-state index is 6.16. The number of thiophene rings is 3. The van der Waals surface area contributed by atoms with Gasteiger partial charge in [0, 0.05) is 134 Å². The van der Waals surface area contributed by atoms with Crippen molar-refractivity contribution in [1.29, 1.82) is 0 Å². The van der Waals surface area contributed by atoms with Gasteiger partial charge in [0.25, 0.3) is 0 Å². The van der Waals surface area contributed by atoms with Gasteiger partial charge in [0.2, 0.25) is 0 Å². The van der Waals surface area contributed by atoms with Crippen LogP contribution in [0.3, 0.4) is 0 Å². The number of rotatable bonds is 14. The molecule has 8 heteroatoms. The molecular formula is C130H96N4OS3. The van der Waals surface area contributed by atoms with Gasteiger partial charge in [-0.3, -0.25) is 0 Å². The molecule has 0 radical (unpaired) electrons. The van der Waals surface area contributed by atoms with Crippen LogP contribution in [0.4, 0.5) is 45.5 Å². The van der Waals surface area contributed by atoms with E-state index in [4.69, 9.17) is 4.42 Å². The fraction of sp³-hybridized carbons (Fsp3) is 0.0769. The van der Waals surface area contributed by atoms with Crippen molar-refractivity contribution in [2.24, 2.45) is 0 Å². The van der Waals surface area contributed by atoms with E-state index in [-0.39, 0.29) is 16.2 Å². The lowest BCUT2D eigenvalue weighted by atomic mass is 9.67. The summed E-state index contributed by atoms with van der Waals surface area (Å²) in [5, 5.41) is 25.0. The summed E-state index contributed by atoms with van der Waals surface area (Å²) < 4.78 is 14.1. The van der Waals surface area contributed by atoms with Crippen molar-refractivity contribution in [1.82, 2.24) is 0 Å². The Hall–Kier alpha value is -15.9. The van der Waals surface area contributed by atoms with Gasteiger partial charge in [0.15, 0.2) is 0 Å². The maximum Gasteiger partial charge on any atom is 0.137 e. The first-order valence-corrected chi connectivity index (χ1v) is 50.4. The normalized spacial score (nSPS) is 13.7. The van der Waals surface area contributed by atoms with Gasteiger partial charge >= 0.3 is 0 Å². The van der Waals surface area contributed by atoms with Crippen molar-refractivity contribution in [3.63, 3.8) is 0 Å². The first-order valence-electron chi connectivity index (χ1n) is 47.9. The Labute approximate surface area is 815 Å². The van der Waals surface area contributed by atoms with Crippen molar-refractivity contribution in [3.05, 3.63) is 528 Å². The first-order chi connectivity index (χ1) is 68.0. The van der Waals surface area contributed by atoms with Crippen LogP contribution in [-0.2, 0) is 21.7 Å². The number of benzene rings is 20. The lowest BCUT2D eigenvalue weighted by molar-refractivity contribution is 0.490. The SMILES string of the molecule is CC1(C)c2ccccc2-c2ccc(Nc3ccc4c(c3)sc3ccccc34)cc21.CCC1(CC)c2ccccc2-c2ccc(Nc3ccc4c(c3)sc3ccccc34)cc21.c1ccc(C2(c3ccccc3)c3ccccc3-c3ccc(Nc4ccc5c(c4)oc4ccccc45)cc32)cc1.c1ccc(C2(c3ccccc3)c3ccccc3-c3ccc(Nc4ccc5c(c4)sc4ccccc45)cc32)cc1. The summed E-state index contributed by atoms with van der Waals surface area (Å²) in [4.78, 5) is 0. The highest BCUT2D eigenvalue weighted by Gasteiger charge is 2.49. The highest BCUT2D eigenvalue weighted by molar-refractivity contribution is 7.26. The van der Waals surface area contributed by atoms with Crippen LogP contribution in [0, 0.1) is 0 Å². The van der Waals surface area contributed by atoms with Gasteiger partial charge in [0.1, 0.15) is 11.2 Å². The van der Waals surface area contributed by atoms with Crippen LogP contribution >= 0.6 is 34.0 Å². The van der Waals surface area contributed by atoms with E-state index in [1.165, 1.54) is 177 Å². The average Bonchev–Trinajstić information content (AvgIpc) is 1.54. The summed E-state index contributed by atoms with van der Waals surface area (Å²) in [5.41, 5.74) is 36.8. The molecule has 0 amide bonds. The Morgan fingerprint density at radius 2 is 0.457 bits per heavy atom. The molecule has 28 rings (SSSR count). The van der Waals surface area contributed by atoms with E-state index in [0.29, 0.717) is 0 Å². The predicted octanol–water partition coefficient (Wildman–Crippen LogP) is 36.8. The van der Waals surface area contributed by atoms with Gasteiger partial charge < -0.3 is 25.7 Å². The Bertz CT molecular complexity index is 8490. The minimum Gasteiger partial charge on any atom is -0.456 e. The molecule has 5 nitrogen and oxygen atoms in total. The molecule has 0 atom stereocenters. The fourth-order valence-electron chi connectivity index (χ4n) is 23.3. The van der Waals surface area contributed by atoms with Gasteiger partial charge in [-0.2, -0.15) is 0 Å². The number of furan rings is 1. The summed E-state index contributed by atoms with van der Waals surface area (Å²) in [7, 11) is 0. The minimum atomic E-state index is -0.408. The van der Waals surface area contributed by atoms with Crippen molar-refractivity contribution in [2.45, 2.75) is 62.2 Å². The van der Waals surface area contributed by atoms with Gasteiger partial charge in [0.05, 0.1) is 10.8 Å². The zero-order valence-electron chi connectivity index (χ0n) is 76.9. The largest absolute Gasteiger partial charge is 0.456 e. The summed E-state index contributed by atoms with van der Waals surface area (Å²) in [6.07, 6.45) is 2.23. The van der Waals surface area contributed by atoms with E-state index < -0.39 is 5.41 Å². The molecule has 0 bridgehead atoms. The molecule has 0 aliphatic heterocycles. The molecule has 138 heavy (non-hydrogen) atoms. The summed E-state index contributed by atoms with van der Waals surface area (Å²) in [5.74, 6) is 0. The molecular weight excluding hydrogens is 1730 g/mol. The predicted molar refractivity (Wildman–Crippen MR) is 590 cm³/mol. The first kappa shape index (κ1) is 83.9. The van der Waals surface area contributed by atoms with Crippen LogP contribution in [-0.4, -0.2) is 0 Å². The van der Waals surface area contributed by atoms with Crippen molar-refractivity contribution >= 4 is 162 Å². The highest BCUT2D eigenvalue weighted by Crippen LogP contribution is 2.61. The lowest BCUT2D eigenvalue weighted by Gasteiger charge is -2.34. The number of fused-ring (bicyclic) bond motifs is 24. The quantitative estimate of drug-likeness (QED) is 0.0874. The van der Waals surface area contributed by atoms with E-state index in [1.54, 1.807) is 0 Å². The van der Waals surface area contributed by atoms with Crippen LogP contribution in [0.2, 0.25) is 0 Å². The van der Waals surface area contributed by atoms with Crippen LogP contribution in [0.15, 0.2) is 465 Å². The molecule has 0 saturated carbocycles.